The van der Waals surface area contributed by atoms with Crippen LogP contribution in [0.1, 0.15) is 61.6 Å². The van der Waals surface area contributed by atoms with E-state index < -0.39 is 23.5 Å². The molecule has 5 amide bonds. The number of hydrogen-bond donors (Lipinski definition) is 3. The van der Waals surface area contributed by atoms with E-state index in [0.29, 0.717) is 17.0 Å². The first-order valence-electron chi connectivity index (χ1n) is 12.3. The minimum absolute atomic E-state index is 0.00822. The van der Waals surface area contributed by atoms with Crippen LogP contribution in [0.4, 0.5) is 10.6 Å². The monoisotopic (exact) mass is 536 g/mol. The maximum absolute atomic E-state index is 12.9. The second-order valence-corrected chi connectivity index (χ2v) is 11.1. The number of benzene rings is 1. The maximum atomic E-state index is 12.9. The zero-order valence-electron chi connectivity index (χ0n) is 21.5. The fourth-order valence-corrected chi connectivity index (χ4v) is 5.57. The van der Waals surface area contributed by atoms with Crippen molar-refractivity contribution in [2.45, 2.75) is 64.8 Å². The highest BCUT2D eigenvalue weighted by Crippen LogP contribution is 2.35. The van der Waals surface area contributed by atoms with E-state index in [1.54, 1.807) is 12.1 Å². The Hall–Kier alpha value is -4.06. The van der Waals surface area contributed by atoms with Crippen LogP contribution < -0.4 is 20.7 Å². The number of nitrogens with one attached hydrogen (secondary N) is 3. The van der Waals surface area contributed by atoms with E-state index in [9.17, 15) is 19.2 Å². The summed E-state index contributed by atoms with van der Waals surface area (Å²) in [4.78, 5) is 60.1. The Balaban J connectivity index is 1.28. The lowest BCUT2D eigenvalue weighted by Gasteiger charge is -2.29. The highest BCUT2D eigenvalue weighted by Gasteiger charge is 2.40. The highest BCUT2D eigenvalue weighted by atomic mass is 32.1. The molecular formula is C26H28N6O5S. The summed E-state index contributed by atoms with van der Waals surface area (Å²) >= 11 is 1.48. The van der Waals surface area contributed by atoms with Gasteiger partial charge in [0.2, 0.25) is 11.8 Å². The van der Waals surface area contributed by atoms with Crippen molar-refractivity contribution in [3.63, 3.8) is 0 Å². The normalized spacial score (nSPS) is 17.6. The van der Waals surface area contributed by atoms with Crippen LogP contribution in [-0.2, 0) is 21.7 Å². The van der Waals surface area contributed by atoms with E-state index in [4.69, 9.17) is 9.72 Å². The van der Waals surface area contributed by atoms with E-state index >= 15 is 0 Å². The number of nitrogens with zero attached hydrogens (tertiary/aromatic N) is 3. The zero-order valence-corrected chi connectivity index (χ0v) is 22.3. The number of fused-ring (bicyclic) bond motifs is 2. The van der Waals surface area contributed by atoms with Gasteiger partial charge in [-0.25, -0.2) is 14.8 Å². The number of aromatic nitrogens is 2. The number of ether oxygens (including phenoxy) is 1. The number of pyridine rings is 1. The summed E-state index contributed by atoms with van der Waals surface area (Å²) < 4.78 is 6.84. The first kappa shape index (κ1) is 25.6. The lowest BCUT2D eigenvalue weighted by atomic mass is 10.0. The number of hydrogen-bond acceptors (Lipinski definition) is 8. The van der Waals surface area contributed by atoms with Crippen LogP contribution in [0.3, 0.4) is 0 Å². The van der Waals surface area contributed by atoms with Gasteiger partial charge in [0, 0.05) is 6.42 Å². The van der Waals surface area contributed by atoms with Crippen LogP contribution in [0.15, 0.2) is 30.3 Å². The van der Waals surface area contributed by atoms with Gasteiger partial charge in [-0.05, 0) is 58.4 Å². The molecule has 0 bridgehead atoms. The summed E-state index contributed by atoms with van der Waals surface area (Å²) in [5, 5.41) is 8.67. The van der Waals surface area contributed by atoms with Crippen LogP contribution in [-0.4, -0.2) is 50.8 Å². The fraction of sp³-hybridized carbons (Fsp3) is 0.385. The summed E-state index contributed by atoms with van der Waals surface area (Å²) in [5.41, 5.74) is 0.788. The SMILES string of the molecule is CC(C)Oc1cccc2sc(C(C)(C)NC(=O)Nc3ccc4c(n3)CN(C3CCC(=O)NC3=O)C4=O)nc12. The number of para-hydroxylation sites is 1. The molecule has 3 aromatic rings. The molecule has 5 rings (SSSR count). The van der Waals surface area contributed by atoms with Crippen LogP contribution in [0.25, 0.3) is 10.2 Å². The number of urea groups is 1. The smallest absolute Gasteiger partial charge is 0.321 e. The minimum Gasteiger partial charge on any atom is -0.489 e. The molecule has 11 nitrogen and oxygen atoms in total. The lowest BCUT2D eigenvalue weighted by Crippen LogP contribution is -2.52. The molecule has 3 N–H and O–H groups in total. The van der Waals surface area contributed by atoms with Gasteiger partial charge >= 0.3 is 6.03 Å². The number of carbonyl (C=O) groups excluding carboxylic acids is 4. The molecule has 1 unspecified atom stereocenters. The standard InChI is InChI=1S/C26H28N6O5S/c1-13(2)37-17-6-5-7-18-21(17)30-24(38-18)26(3,4)31-25(36)28-19-10-8-14-15(27-19)12-32(23(14)35)16-9-11-20(33)29-22(16)34/h5-8,10,13,16H,9,11-12H2,1-4H3,(H,29,33,34)(H2,27,28,31,36). The average Bonchev–Trinajstić information content (AvgIpc) is 3.41. The largest absolute Gasteiger partial charge is 0.489 e. The van der Waals surface area contributed by atoms with E-state index in [2.05, 4.69) is 20.9 Å². The predicted molar refractivity (Wildman–Crippen MR) is 141 cm³/mol. The average molecular weight is 537 g/mol. The van der Waals surface area contributed by atoms with Crippen molar-refractivity contribution in [1.29, 1.82) is 0 Å². The molecule has 0 spiro atoms. The summed E-state index contributed by atoms with van der Waals surface area (Å²) in [7, 11) is 0. The van der Waals surface area contributed by atoms with E-state index in [-0.39, 0.29) is 43.1 Å². The summed E-state index contributed by atoms with van der Waals surface area (Å²) in [5.74, 6) is -0.185. The van der Waals surface area contributed by atoms with Gasteiger partial charge in [-0.2, -0.15) is 0 Å². The lowest BCUT2D eigenvalue weighted by molar-refractivity contribution is -0.136. The summed E-state index contributed by atoms with van der Waals surface area (Å²) in [6, 6.07) is 7.69. The second kappa shape index (κ2) is 9.67. The van der Waals surface area contributed by atoms with E-state index in [1.165, 1.54) is 16.2 Å². The van der Waals surface area contributed by atoms with Crippen LogP contribution in [0.2, 0.25) is 0 Å². The van der Waals surface area contributed by atoms with Crippen LogP contribution in [0, 0.1) is 0 Å². The molecule has 198 valence electrons. The molecule has 38 heavy (non-hydrogen) atoms. The summed E-state index contributed by atoms with van der Waals surface area (Å²) in [6.45, 7) is 7.75. The Morgan fingerprint density at radius 1 is 1.18 bits per heavy atom. The molecule has 1 atom stereocenters. The van der Waals surface area contributed by atoms with Gasteiger partial charge in [-0.3, -0.25) is 25.0 Å². The van der Waals surface area contributed by atoms with Crippen molar-refractivity contribution in [2.75, 3.05) is 5.32 Å². The maximum Gasteiger partial charge on any atom is 0.321 e. The number of carbonyl (C=O) groups is 4. The van der Waals surface area contributed by atoms with Gasteiger partial charge in [0.05, 0.1) is 34.1 Å². The number of thiazole rings is 1. The Morgan fingerprint density at radius 3 is 2.71 bits per heavy atom. The Bertz CT molecular complexity index is 1470. The predicted octanol–water partition coefficient (Wildman–Crippen LogP) is 3.30. The number of amides is 5. The molecule has 1 aromatic carbocycles. The van der Waals surface area contributed by atoms with Crippen molar-refractivity contribution in [3.8, 4) is 5.75 Å². The summed E-state index contributed by atoms with van der Waals surface area (Å²) in [6.07, 6.45) is 0.450. The van der Waals surface area contributed by atoms with Gasteiger partial charge in [0.1, 0.15) is 28.1 Å². The molecule has 0 saturated carbocycles. The number of rotatable bonds is 6. The topological polar surface area (TPSA) is 143 Å². The minimum atomic E-state index is -0.794. The highest BCUT2D eigenvalue weighted by molar-refractivity contribution is 7.18. The van der Waals surface area contributed by atoms with Gasteiger partial charge in [-0.15, -0.1) is 11.3 Å². The molecule has 2 aliphatic rings. The second-order valence-electron chi connectivity index (χ2n) is 10.1. The number of imide groups is 1. The van der Waals surface area contributed by atoms with Crippen molar-refractivity contribution in [1.82, 2.24) is 25.5 Å². The zero-order chi connectivity index (χ0) is 27.2. The van der Waals surface area contributed by atoms with E-state index in [0.717, 1.165) is 15.2 Å². The van der Waals surface area contributed by atoms with Gasteiger partial charge < -0.3 is 15.0 Å². The van der Waals surface area contributed by atoms with Crippen molar-refractivity contribution < 1.29 is 23.9 Å². The Kier molecular flexibility index (Phi) is 6.51. The van der Waals surface area contributed by atoms with Crippen molar-refractivity contribution >= 4 is 51.1 Å². The Morgan fingerprint density at radius 2 is 1.97 bits per heavy atom. The third-order valence-corrected chi connectivity index (χ3v) is 7.66. The molecule has 0 radical (unpaired) electrons. The van der Waals surface area contributed by atoms with Gasteiger partial charge in [-0.1, -0.05) is 6.07 Å². The van der Waals surface area contributed by atoms with Crippen LogP contribution >= 0.6 is 11.3 Å². The van der Waals surface area contributed by atoms with Gasteiger partial charge in [0.25, 0.3) is 5.91 Å². The third-order valence-electron chi connectivity index (χ3n) is 6.32. The quantitative estimate of drug-likeness (QED) is 0.410. The molecule has 0 aliphatic carbocycles. The molecule has 4 heterocycles. The molecule has 1 saturated heterocycles. The third kappa shape index (κ3) is 4.91. The number of anilines is 1. The van der Waals surface area contributed by atoms with Gasteiger partial charge in [0.15, 0.2) is 0 Å². The fourth-order valence-electron chi connectivity index (χ4n) is 4.53. The van der Waals surface area contributed by atoms with E-state index in [1.807, 2.05) is 45.9 Å². The first-order valence-corrected chi connectivity index (χ1v) is 13.1. The molecule has 2 aliphatic heterocycles. The molecule has 2 aromatic heterocycles. The van der Waals surface area contributed by atoms with Crippen molar-refractivity contribution in [3.05, 3.63) is 46.6 Å². The molecule has 1 fully saturated rings. The molecule has 12 heteroatoms. The molecular weight excluding hydrogens is 508 g/mol. The first-order chi connectivity index (χ1) is 18.0. The van der Waals surface area contributed by atoms with Crippen LogP contribution in [0.5, 0.6) is 5.75 Å². The number of piperidine rings is 1. The Labute approximate surface area is 223 Å². The van der Waals surface area contributed by atoms with Crippen molar-refractivity contribution in [2.24, 2.45) is 0 Å².